The van der Waals surface area contributed by atoms with Gasteiger partial charge in [0.05, 0.1) is 40.5 Å². The van der Waals surface area contributed by atoms with Crippen LogP contribution in [0.5, 0.6) is 23.0 Å². The Morgan fingerprint density at radius 3 is 1.52 bits per heavy atom. The van der Waals surface area contributed by atoms with E-state index in [4.69, 9.17) is 18.9 Å². The normalized spacial score (nSPS) is 12.4. The predicted octanol–water partition coefficient (Wildman–Crippen LogP) is 4.20. The van der Waals surface area contributed by atoms with Gasteiger partial charge in [0.2, 0.25) is 0 Å². The van der Waals surface area contributed by atoms with Crippen molar-refractivity contribution in [1.29, 1.82) is 0 Å². The molecule has 1 aliphatic heterocycles. The number of hydrogen-bond acceptors (Lipinski definition) is 9. The molecule has 2 aromatic carbocycles. The van der Waals surface area contributed by atoms with Crippen molar-refractivity contribution in [1.82, 2.24) is 9.13 Å². The number of Topliss-reactive ketones (excluding diaryl/α,β-unsaturated/α-hetero) is 2. The molecule has 0 unspecified atom stereocenters. The first kappa shape index (κ1) is 33.7. The standard InChI is InChI=1S/C19H21NO5.C16H17NO4/c1-12-6-15(21)7-13(2)20(12)9-17(22)14-4-5-18(23-3)19(8-14)25-16-10-24-11-16;1-10-6-13(18)7-11(2)17(10)9-15(20)12-4-5-16(21-3)14(19)8-12/h4-8,16H,9-11H2,1-3H3;4-8,19H,9H2,1-3H3. The van der Waals surface area contributed by atoms with E-state index in [1.54, 1.807) is 55.9 Å². The number of nitrogens with zero attached hydrogens (tertiary/aromatic N) is 2. The van der Waals surface area contributed by atoms with Gasteiger partial charge in [0.15, 0.2) is 45.4 Å². The lowest BCUT2D eigenvalue weighted by Crippen LogP contribution is -2.38. The summed E-state index contributed by atoms with van der Waals surface area (Å²) in [4.78, 5) is 47.9. The molecule has 0 atom stereocenters. The topological polar surface area (TPSA) is 135 Å². The zero-order valence-electron chi connectivity index (χ0n) is 26.8. The number of aryl methyl sites for hydroxylation is 4. The van der Waals surface area contributed by atoms with Crippen LogP contribution in [0.25, 0.3) is 0 Å². The number of carbonyl (C=O) groups is 2. The molecule has 1 aliphatic rings. The maximum atomic E-state index is 12.7. The molecule has 46 heavy (non-hydrogen) atoms. The zero-order valence-corrected chi connectivity index (χ0v) is 26.8. The molecule has 0 bridgehead atoms. The van der Waals surface area contributed by atoms with Crippen LogP contribution >= 0.6 is 0 Å². The Balaban J connectivity index is 0.000000212. The van der Waals surface area contributed by atoms with E-state index < -0.39 is 0 Å². The summed E-state index contributed by atoms with van der Waals surface area (Å²) in [5, 5.41) is 9.73. The Morgan fingerprint density at radius 2 is 1.13 bits per heavy atom. The summed E-state index contributed by atoms with van der Waals surface area (Å²) in [6.45, 7) is 8.57. The van der Waals surface area contributed by atoms with Crippen LogP contribution in [0.2, 0.25) is 0 Å². The Hall–Kier alpha value is -5.16. The monoisotopic (exact) mass is 630 g/mol. The van der Waals surface area contributed by atoms with E-state index in [1.807, 2.05) is 18.4 Å². The van der Waals surface area contributed by atoms with Gasteiger partial charge in [0.1, 0.15) is 6.10 Å². The van der Waals surface area contributed by atoms with Crippen molar-refractivity contribution in [3.8, 4) is 23.0 Å². The maximum absolute atomic E-state index is 12.7. The van der Waals surface area contributed by atoms with Crippen molar-refractivity contribution in [2.75, 3.05) is 27.4 Å². The Morgan fingerprint density at radius 1 is 0.696 bits per heavy atom. The lowest BCUT2D eigenvalue weighted by atomic mass is 10.1. The van der Waals surface area contributed by atoms with Gasteiger partial charge < -0.3 is 33.2 Å². The van der Waals surface area contributed by atoms with Crippen LogP contribution in [-0.2, 0) is 17.8 Å². The summed E-state index contributed by atoms with van der Waals surface area (Å²) in [5.74, 6) is 1.16. The van der Waals surface area contributed by atoms with Crippen LogP contribution in [0.3, 0.4) is 0 Å². The Kier molecular flexibility index (Phi) is 10.8. The van der Waals surface area contributed by atoms with Crippen molar-refractivity contribution in [3.63, 3.8) is 0 Å². The summed E-state index contributed by atoms with van der Waals surface area (Å²) in [5.41, 5.74) is 3.78. The molecule has 2 aromatic heterocycles. The Labute approximate surface area is 266 Å². The van der Waals surface area contributed by atoms with Gasteiger partial charge in [0, 0.05) is 58.2 Å². The number of pyridine rings is 2. The van der Waals surface area contributed by atoms with Crippen LogP contribution in [0.15, 0.2) is 70.3 Å². The minimum atomic E-state index is -0.150. The average Bonchev–Trinajstić information content (AvgIpc) is 2.98. The molecular formula is C35H38N2O9. The lowest BCUT2D eigenvalue weighted by Gasteiger charge is -2.27. The SMILES string of the molecule is COc1ccc(C(=O)Cn2c(C)cc(=O)cc2C)cc1O.COc1ccc(C(=O)Cn2c(C)cc(=O)cc2C)cc1OC1COC1. The first-order valence-corrected chi connectivity index (χ1v) is 14.6. The first-order valence-electron chi connectivity index (χ1n) is 14.6. The molecule has 0 radical (unpaired) electrons. The summed E-state index contributed by atoms with van der Waals surface area (Å²) in [6.07, 6.45) is -0.0114. The van der Waals surface area contributed by atoms with Crippen LogP contribution < -0.4 is 25.1 Å². The predicted molar refractivity (Wildman–Crippen MR) is 172 cm³/mol. The van der Waals surface area contributed by atoms with Gasteiger partial charge in [-0.3, -0.25) is 19.2 Å². The van der Waals surface area contributed by atoms with Crippen LogP contribution in [0, 0.1) is 27.7 Å². The fourth-order valence-electron chi connectivity index (χ4n) is 5.01. The third-order valence-corrected chi connectivity index (χ3v) is 7.60. The van der Waals surface area contributed by atoms with Gasteiger partial charge in [-0.25, -0.2) is 0 Å². The van der Waals surface area contributed by atoms with Gasteiger partial charge >= 0.3 is 0 Å². The van der Waals surface area contributed by atoms with Crippen molar-refractivity contribution < 1.29 is 33.6 Å². The number of carbonyl (C=O) groups excluding carboxylic acids is 2. The highest BCUT2D eigenvalue weighted by atomic mass is 16.6. The molecule has 0 saturated carbocycles. The second kappa shape index (κ2) is 14.7. The molecule has 1 fully saturated rings. The lowest BCUT2D eigenvalue weighted by molar-refractivity contribution is -0.0803. The largest absolute Gasteiger partial charge is 0.504 e. The second-order valence-electron chi connectivity index (χ2n) is 11.0. The number of rotatable bonds is 10. The van der Waals surface area contributed by atoms with Gasteiger partial charge in [-0.05, 0) is 64.1 Å². The van der Waals surface area contributed by atoms with E-state index >= 15 is 0 Å². The molecule has 0 spiro atoms. The number of hydrogen-bond donors (Lipinski definition) is 1. The minimum absolute atomic E-state index is 0.0114. The molecular weight excluding hydrogens is 592 g/mol. The summed E-state index contributed by atoms with van der Waals surface area (Å²) in [7, 11) is 3.01. The highest BCUT2D eigenvalue weighted by Gasteiger charge is 2.23. The second-order valence-corrected chi connectivity index (χ2v) is 11.0. The van der Waals surface area contributed by atoms with Crippen molar-refractivity contribution in [2.24, 2.45) is 0 Å². The molecule has 5 rings (SSSR count). The molecule has 3 heterocycles. The van der Waals surface area contributed by atoms with E-state index in [0.29, 0.717) is 41.6 Å². The van der Waals surface area contributed by atoms with Crippen LogP contribution in [0.4, 0.5) is 0 Å². The third kappa shape index (κ3) is 8.10. The molecule has 0 amide bonds. The third-order valence-electron chi connectivity index (χ3n) is 7.60. The number of ether oxygens (including phenoxy) is 4. The zero-order chi connectivity index (χ0) is 33.5. The van der Waals surface area contributed by atoms with Gasteiger partial charge in [-0.1, -0.05) is 0 Å². The highest BCUT2D eigenvalue weighted by molar-refractivity contribution is 5.97. The average molecular weight is 631 g/mol. The number of ketones is 2. The number of aromatic hydroxyl groups is 1. The fraction of sp³-hybridized carbons (Fsp3) is 0.314. The Bertz CT molecular complexity index is 1820. The smallest absolute Gasteiger partial charge is 0.182 e. The van der Waals surface area contributed by atoms with Crippen molar-refractivity contribution >= 4 is 11.6 Å². The molecule has 242 valence electrons. The van der Waals surface area contributed by atoms with Gasteiger partial charge in [-0.15, -0.1) is 0 Å². The van der Waals surface area contributed by atoms with Gasteiger partial charge in [0.25, 0.3) is 0 Å². The number of aromatic nitrogens is 2. The summed E-state index contributed by atoms with van der Waals surface area (Å²) in [6, 6.07) is 15.7. The number of methoxy groups -OCH3 is 2. The number of benzene rings is 2. The van der Waals surface area contributed by atoms with Crippen LogP contribution in [-0.4, -0.2) is 59.3 Å². The van der Waals surface area contributed by atoms with Crippen molar-refractivity contribution in [3.05, 3.63) is 115 Å². The van der Waals surface area contributed by atoms with E-state index in [1.165, 1.54) is 37.4 Å². The van der Waals surface area contributed by atoms with E-state index in [9.17, 15) is 24.3 Å². The van der Waals surface area contributed by atoms with E-state index in [-0.39, 0.29) is 47.4 Å². The fourth-order valence-corrected chi connectivity index (χ4v) is 5.01. The number of phenols is 1. The molecule has 1 N–H and O–H groups in total. The minimum Gasteiger partial charge on any atom is -0.504 e. The molecule has 1 saturated heterocycles. The van der Waals surface area contributed by atoms with Crippen LogP contribution in [0.1, 0.15) is 43.5 Å². The van der Waals surface area contributed by atoms with E-state index in [2.05, 4.69) is 0 Å². The highest BCUT2D eigenvalue weighted by Crippen LogP contribution is 2.30. The summed E-state index contributed by atoms with van der Waals surface area (Å²) >= 11 is 0. The molecule has 11 nitrogen and oxygen atoms in total. The number of phenolic OH excluding ortho intramolecular Hbond substituents is 1. The molecule has 0 aliphatic carbocycles. The molecule has 11 heteroatoms. The summed E-state index contributed by atoms with van der Waals surface area (Å²) < 4.78 is 24.8. The maximum Gasteiger partial charge on any atom is 0.182 e. The van der Waals surface area contributed by atoms with Crippen molar-refractivity contribution in [2.45, 2.75) is 46.9 Å². The van der Waals surface area contributed by atoms with Gasteiger partial charge in [-0.2, -0.15) is 0 Å². The molecule has 4 aromatic rings. The quantitative estimate of drug-likeness (QED) is 0.256. The van der Waals surface area contributed by atoms with E-state index in [0.717, 1.165) is 22.8 Å². The first-order chi connectivity index (χ1) is 21.9.